The van der Waals surface area contributed by atoms with Gasteiger partial charge in [0.05, 0.1) is 10.9 Å². The summed E-state index contributed by atoms with van der Waals surface area (Å²) in [6.45, 7) is 0.324. The molecule has 0 unspecified atom stereocenters. The summed E-state index contributed by atoms with van der Waals surface area (Å²) < 4.78 is 27.0. The second kappa shape index (κ2) is 6.34. The Balaban J connectivity index is 1.53. The third kappa shape index (κ3) is 2.83. The molecule has 2 aliphatic rings. The maximum Gasteiger partial charge on any atom is 0.243 e. The minimum atomic E-state index is -3.65. The number of hydrogen-bond acceptors (Lipinski definition) is 4. The van der Waals surface area contributed by atoms with Gasteiger partial charge in [-0.15, -0.1) is 0 Å². The quantitative estimate of drug-likeness (QED) is 0.770. The van der Waals surface area contributed by atoms with Crippen molar-refractivity contribution < 1.29 is 18.0 Å². The lowest BCUT2D eigenvalue weighted by Crippen LogP contribution is -2.62. The van der Waals surface area contributed by atoms with Crippen molar-refractivity contribution in [2.45, 2.75) is 23.8 Å². The monoisotopic (exact) mass is 370 g/mol. The lowest BCUT2D eigenvalue weighted by Gasteiger charge is -2.41. The maximum absolute atomic E-state index is 12.9. The molecule has 0 radical (unpaired) electrons. The number of imide groups is 1. The average molecular weight is 370 g/mol. The SMILES string of the molecule is O=C1CCC(=O)N1C1CN(S(=O)(=O)c2cccc(-c3ccccc3)c2)C1. The lowest BCUT2D eigenvalue weighted by molar-refractivity contribution is -0.143. The zero-order chi connectivity index (χ0) is 18.3. The summed E-state index contributed by atoms with van der Waals surface area (Å²) in [5.74, 6) is -0.411. The predicted octanol–water partition coefficient (Wildman–Crippen LogP) is 1.88. The molecule has 4 rings (SSSR count). The molecule has 2 aromatic carbocycles. The second-order valence-electron chi connectivity index (χ2n) is 6.53. The fourth-order valence-corrected chi connectivity index (χ4v) is 4.95. The Morgan fingerprint density at radius 2 is 1.42 bits per heavy atom. The van der Waals surface area contributed by atoms with Gasteiger partial charge in [0.25, 0.3) is 0 Å². The van der Waals surface area contributed by atoms with E-state index in [0.29, 0.717) is 0 Å². The van der Waals surface area contributed by atoms with Crippen molar-refractivity contribution in [2.24, 2.45) is 0 Å². The summed E-state index contributed by atoms with van der Waals surface area (Å²) >= 11 is 0. The molecule has 2 aliphatic heterocycles. The van der Waals surface area contributed by atoms with Crippen LogP contribution in [-0.4, -0.2) is 48.6 Å². The smallest absolute Gasteiger partial charge is 0.243 e. The number of amides is 2. The van der Waals surface area contributed by atoms with E-state index in [9.17, 15) is 18.0 Å². The summed E-state index contributed by atoms with van der Waals surface area (Å²) in [5.41, 5.74) is 1.77. The molecule has 0 spiro atoms. The van der Waals surface area contributed by atoms with E-state index in [1.54, 1.807) is 18.2 Å². The molecule has 0 bridgehead atoms. The van der Waals surface area contributed by atoms with Gasteiger partial charge in [-0.1, -0.05) is 42.5 Å². The number of hydrogen-bond donors (Lipinski definition) is 0. The second-order valence-corrected chi connectivity index (χ2v) is 8.47. The zero-order valence-electron chi connectivity index (χ0n) is 14.0. The van der Waals surface area contributed by atoms with Gasteiger partial charge in [0.15, 0.2) is 0 Å². The largest absolute Gasteiger partial charge is 0.277 e. The first kappa shape index (κ1) is 16.9. The van der Waals surface area contributed by atoms with Crippen molar-refractivity contribution in [1.82, 2.24) is 9.21 Å². The number of likely N-dealkylation sites (tertiary alicyclic amines) is 1. The van der Waals surface area contributed by atoms with Gasteiger partial charge in [0, 0.05) is 25.9 Å². The summed E-state index contributed by atoms with van der Waals surface area (Å²) in [6, 6.07) is 16.0. The van der Waals surface area contributed by atoms with Crippen LogP contribution >= 0.6 is 0 Å². The summed E-state index contributed by atoms with van der Waals surface area (Å²) in [6.07, 6.45) is 0.447. The Kier molecular flexibility index (Phi) is 4.13. The van der Waals surface area contributed by atoms with Crippen molar-refractivity contribution in [3.05, 3.63) is 54.6 Å². The van der Waals surface area contributed by atoms with Crippen molar-refractivity contribution in [3.8, 4) is 11.1 Å². The van der Waals surface area contributed by atoms with Gasteiger partial charge in [0.1, 0.15) is 0 Å². The first-order valence-corrected chi connectivity index (χ1v) is 9.91. The van der Waals surface area contributed by atoms with Crippen molar-refractivity contribution in [1.29, 1.82) is 0 Å². The molecule has 2 heterocycles. The van der Waals surface area contributed by atoms with Gasteiger partial charge < -0.3 is 0 Å². The molecule has 0 aliphatic carbocycles. The van der Waals surface area contributed by atoms with E-state index < -0.39 is 10.0 Å². The van der Waals surface area contributed by atoms with Gasteiger partial charge in [-0.2, -0.15) is 4.31 Å². The van der Waals surface area contributed by atoms with Gasteiger partial charge in [-0.25, -0.2) is 8.42 Å². The molecule has 0 atom stereocenters. The first-order valence-electron chi connectivity index (χ1n) is 8.47. The molecule has 0 aromatic heterocycles. The third-order valence-electron chi connectivity index (χ3n) is 4.86. The highest BCUT2D eigenvalue weighted by Crippen LogP contribution is 2.29. The Bertz CT molecular complexity index is 950. The van der Waals surface area contributed by atoms with E-state index in [1.807, 2.05) is 36.4 Å². The molecule has 2 saturated heterocycles. The molecule has 134 valence electrons. The van der Waals surface area contributed by atoms with Crippen molar-refractivity contribution in [3.63, 3.8) is 0 Å². The van der Waals surface area contributed by atoms with E-state index >= 15 is 0 Å². The van der Waals surface area contributed by atoms with Crippen molar-refractivity contribution >= 4 is 21.8 Å². The molecule has 0 saturated carbocycles. The normalized spacial score (nSPS) is 19.0. The lowest BCUT2D eigenvalue weighted by atomic mass is 10.1. The Morgan fingerprint density at radius 1 is 0.808 bits per heavy atom. The van der Waals surface area contributed by atoms with E-state index in [-0.39, 0.29) is 48.7 Å². The first-order chi connectivity index (χ1) is 12.5. The number of carbonyl (C=O) groups excluding carboxylic acids is 2. The summed E-state index contributed by atoms with van der Waals surface area (Å²) in [5, 5.41) is 0. The van der Waals surface area contributed by atoms with Crippen LogP contribution in [-0.2, 0) is 19.6 Å². The highest BCUT2D eigenvalue weighted by Gasteiger charge is 2.45. The zero-order valence-corrected chi connectivity index (χ0v) is 14.9. The maximum atomic E-state index is 12.9. The van der Waals surface area contributed by atoms with Crippen LogP contribution in [0, 0.1) is 0 Å². The summed E-state index contributed by atoms with van der Waals surface area (Å²) in [4.78, 5) is 25.0. The highest BCUT2D eigenvalue weighted by molar-refractivity contribution is 7.89. The van der Waals surface area contributed by atoms with Crippen molar-refractivity contribution in [2.75, 3.05) is 13.1 Å². The molecule has 26 heavy (non-hydrogen) atoms. The molecular formula is C19H18N2O4S. The number of rotatable bonds is 4. The van der Waals surface area contributed by atoms with Crippen LogP contribution in [0.15, 0.2) is 59.5 Å². The highest BCUT2D eigenvalue weighted by atomic mass is 32.2. The number of nitrogens with zero attached hydrogens (tertiary/aromatic N) is 2. The number of carbonyl (C=O) groups is 2. The van der Waals surface area contributed by atoms with E-state index in [4.69, 9.17) is 0 Å². The van der Waals surface area contributed by atoms with Crippen LogP contribution in [0.5, 0.6) is 0 Å². The van der Waals surface area contributed by atoms with Crippen LogP contribution < -0.4 is 0 Å². The number of benzene rings is 2. The van der Waals surface area contributed by atoms with Crippen LogP contribution in [0.4, 0.5) is 0 Å². The van der Waals surface area contributed by atoms with Gasteiger partial charge in [-0.05, 0) is 23.3 Å². The topological polar surface area (TPSA) is 74.8 Å². The summed E-state index contributed by atoms with van der Waals surface area (Å²) in [7, 11) is -3.65. The standard InChI is InChI=1S/C19H18N2O4S/c22-18-9-10-19(23)21(18)16-12-20(13-16)26(24,25)17-8-4-7-15(11-17)14-5-2-1-3-6-14/h1-8,11,16H,9-10,12-13H2. The molecule has 2 amide bonds. The van der Waals surface area contributed by atoms with Gasteiger partial charge >= 0.3 is 0 Å². The van der Waals surface area contributed by atoms with Crippen LogP contribution in [0.3, 0.4) is 0 Å². The fraction of sp³-hybridized carbons (Fsp3) is 0.263. The molecular weight excluding hydrogens is 352 g/mol. The van der Waals surface area contributed by atoms with Crippen LogP contribution in [0.1, 0.15) is 12.8 Å². The predicted molar refractivity (Wildman–Crippen MR) is 95.5 cm³/mol. The molecule has 0 N–H and O–H groups in total. The molecule has 7 heteroatoms. The minimum absolute atomic E-state index is 0.162. The van der Waals surface area contributed by atoms with E-state index in [0.717, 1.165) is 11.1 Å². The van der Waals surface area contributed by atoms with Gasteiger partial charge in [-0.3, -0.25) is 14.5 Å². The van der Waals surface area contributed by atoms with E-state index in [1.165, 1.54) is 9.21 Å². The third-order valence-corrected chi connectivity index (χ3v) is 6.69. The Hall–Kier alpha value is -2.51. The average Bonchev–Trinajstić information content (AvgIpc) is 2.94. The Labute approximate surface area is 152 Å². The van der Waals surface area contributed by atoms with E-state index in [2.05, 4.69) is 0 Å². The minimum Gasteiger partial charge on any atom is -0.277 e. The fourth-order valence-electron chi connectivity index (χ4n) is 3.39. The molecule has 6 nitrogen and oxygen atoms in total. The number of sulfonamides is 1. The Morgan fingerprint density at radius 3 is 2.08 bits per heavy atom. The van der Waals surface area contributed by atoms with Gasteiger partial charge in [0.2, 0.25) is 21.8 Å². The molecule has 2 aromatic rings. The van der Waals surface area contributed by atoms with Crippen LogP contribution in [0.2, 0.25) is 0 Å². The van der Waals surface area contributed by atoms with Crippen LogP contribution in [0.25, 0.3) is 11.1 Å². The molecule has 2 fully saturated rings.